The second-order valence-corrected chi connectivity index (χ2v) is 8.96. The van der Waals surface area contributed by atoms with Crippen LogP contribution in [0.1, 0.15) is 45.0 Å². The van der Waals surface area contributed by atoms with Gasteiger partial charge in [-0.05, 0) is 43.2 Å². The summed E-state index contributed by atoms with van der Waals surface area (Å²) in [5, 5.41) is 5.30. The summed E-state index contributed by atoms with van der Waals surface area (Å²) >= 11 is 1.36. The highest BCUT2D eigenvalue weighted by atomic mass is 32.1. The van der Waals surface area contributed by atoms with E-state index in [-0.39, 0.29) is 24.8 Å². The normalized spacial score (nSPS) is 13.2. The van der Waals surface area contributed by atoms with E-state index in [1.165, 1.54) is 11.3 Å². The number of likely N-dealkylation sites (tertiary alicyclic amines) is 1. The molecule has 1 N–H and O–H groups in total. The average molecular weight is 464 g/mol. The number of esters is 1. The van der Waals surface area contributed by atoms with Crippen molar-refractivity contribution >= 4 is 34.8 Å². The standard InChI is InChI=1S/C25H25N3O4S/c1-17-4-10-20(11-5-17)26-22(29)13-23-27-21(16-33-23)15-32-25(31)19-8-6-18(7-9-19)14-28-12-2-3-24(28)30/h4-11,16H,2-3,12-15H2,1H3,(H,26,29). The number of ether oxygens (including phenoxy) is 1. The number of rotatable bonds is 8. The number of hydrogen-bond acceptors (Lipinski definition) is 6. The first kappa shape index (κ1) is 22.7. The van der Waals surface area contributed by atoms with Crippen LogP contribution in [0.15, 0.2) is 53.9 Å². The molecule has 0 radical (unpaired) electrons. The van der Waals surface area contributed by atoms with Crippen LogP contribution in [0.2, 0.25) is 0 Å². The molecular weight excluding hydrogens is 438 g/mol. The maximum Gasteiger partial charge on any atom is 0.338 e. The van der Waals surface area contributed by atoms with Gasteiger partial charge in [-0.2, -0.15) is 0 Å². The molecule has 0 atom stereocenters. The molecule has 0 unspecified atom stereocenters. The fraction of sp³-hybridized carbons (Fsp3) is 0.280. The first-order valence-electron chi connectivity index (χ1n) is 10.8. The molecular formula is C25H25N3O4S. The van der Waals surface area contributed by atoms with Gasteiger partial charge in [-0.15, -0.1) is 11.3 Å². The molecule has 2 aromatic carbocycles. The summed E-state index contributed by atoms with van der Waals surface area (Å²) in [6.45, 7) is 3.38. The van der Waals surface area contributed by atoms with E-state index < -0.39 is 5.97 Å². The largest absolute Gasteiger partial charge is 0.456 e. The average Bonchev–Trinajstić information content (AvgIpc) is 3.42. The molecule has 0 aliphatic carbocycles. The molecule has 1 saturated heterocycles. The second kappa shape index (κ2) is 10.4. The molecule has 3 aromatic rings. The number of amides is 2. The second-order valence-electron chi connectivity index (χ2n) is 8.02. The van der Waals surface area contributed by atoms with Crippen molar-refractivity contribution in [2.75, 3.05) is 11.9 Å². The Bertz CT molecular complexity index is 1140. The molecule has 1 aliphatic rings. The van der Waals surface area contributed by atoms with Crippen molar-refractivity contribution in [1.82, 2.24) is 9.88 Å². The lowest BCUT2D eigenvalue weighted by Crippen LogP contribution is -2.23. The quantitative estimate of drug-likeness (QED) is 0.508. The van der Waals surface area contributed by atoms with Crippen LogP contribution in [-0.4, -0.2) is 34.2 Å². The molecule has 1 aliphatic heterocycles. The molecule has 0 spiro atoms. The summed E-state index contributed by atoms with van der Waals surface area (Å²) in [6, 6.07) is 14.7. The monoisotopic (exact) mass is 463 g/mol. The molecule has 2 heterocycles. The van der Waals surface area contributed by atoms with Crippen molar-refractivity contribution in [3.63, 3.8) is 0 Å². The SMILES string of the molecule is Cc1ccc(NC(=O)Cc2nc(COC(=O)c3ccc(CN4CCCC4=O)cc3)cs2)cc1. The fourth-order valence-corrected chi connectivity index (χ4v) is 4.31. The van der Waals surface area contributed by atoms with Crippen molar-refractivity contribution in [2.45, 2.75) is 39.3 Å². The molecule has 7 nitrogen and oxygen atoms in total. The molecule has 2 amide bonds. The van der Waals surface area contributed by atoms with Gasteiger partial charge in [0.15, 0.2) is 0 Å². The Kier molecular flexibility index (Phi) is 7.14. The summed E-state index contributed by atoms with van der Waals surface area (Å²) in [5.41, 5.74) is 3.90. The predicted octanol–water partition coefficient (Wildman–Crippen LogP) is 4.11. The summed E-state index contributed by atoms with van der Waals surface area (Å²) < 4.78 is 5.37. The predicted molar refractivity (Wildman–Crippen MR) is 126 cm³/mol. The van der Waals surface area contributed by atoms with E-state index in [4.69, 9.17) is 4.74 Å². The minimum absolute atomic E-state index is 0.0406. The first-order valence-corrected chi connectivity index (χ1v) is 11.7. The number of nitrogens with one attached hydrogen (secondary N) is 1. The minimum Gasteiger partial charge on any atom is -0.456 e. The van der Waals surface area contributed by atoms with E-state index in [0.29, 0.717) is 29.2 Å². The van der Waals surface area contributed by atoms with Crippen LogP contribution in [-0.2, 0) is 33.9 Å². The van der Waals surface area contributed by atoms with Crippen molar-refractivity contribution in [3.05, 3.63) is 81.3 Å². The van der Waals surface area contributed by atoms with E-state index in [2.05, 4.69) is 10.3 Å². The van der Waals surface area contributed by atoms with Crippen molar-refractivity contribution in [2.24, 2.45) is 0 Å². The van der Waals surface area contributed by atoms with Gasteiger partial charge in [0.2, 0.25) is 11.8 Å². The summed E-state index contributed by atoms with van der Waals surface area (Å²) in [5.74, 6) is -0.410. The number of benzene rings is 2. The van der Waals surface area contributed by atoms with Gasteiger partial charge in [-0.3, -0.25) is 9.59 Å². The maximum absolute atomic E-state index is 12.4. The highest BCUT2D eigenvalue weighted by Crippen LogP contribution is 2.17. The Balaban J connectivity index is 1.24. The molecule has 170 valence electrons. The number of hydrogen-bond donors (Lipinski definition) is 1. The van der Waals surface area contributed by atoms with E-state index in [1.54, 1.807) is 17.5 Å². The first-order chi connectivity index (χ1) is 16.0. The third-order valence-corrected chi connectivity index (χ3v) is 6.23. The van der Waals surface area contributed by atoms with Crippen LogP contribution < -0.4 is 5.32 Å². The molecule has 1 fully saturated rings. The number of aromatic nitrogens is 1. The molecule has 1 aromatic heterocycles. The lowest BCUT2D eigenvalue weighted by atomic mass is 10.1. The van der Waals surface area contributed by atoms with Gasteiger partial charge in [0.1, 0.15) is 11.6 Å². The number of anilines is 1. The smallest absolute Gasteiger partial charge is 0.338 e. The van der Waals surface area contributed by atoms with Gasteiger partial charge in [0.05, 0.1) is 17.7 Å². The van der Waals surface area contributed by atoms with E-state index in [9.17, 15) is 14.4 Å². The number of nitrogens with zero attached hydrogens (tertiary/aromatic N) is 2. The lowest BCUT2D eigenvalue weighted by molar-refractivity contribution is -0.128. The van der Waals surface area contributed by atoms with Crippen molar-refractivity contribution in [1.29, 1.82) is 0 Å². The van der Waals surface area contributed by atoms with Crippen LogP contribution in [0.25, 0.3) is 0 Å². The van der Waals surface area contributed by atoms with Gasteiger partial charge >= 0.3 is 5.97 Å². The van der Waals surface area contributed by atoms with Gasteiger partial charge < -0.3 is 15.0 Å². The Hall–Kier alpha value is -3.52. The molecule has 33 heavy (non-hydrogen) atoms. The highest BCUT2D eigenvalue weighted by Gasteiger charge is 2.20. The Morgan fingerprint density at radius 2 is 1.88 bits per heavy atom. The van der Waals surface area contributed by atoms with Crippen LogP contribution in [0.3, 0.4) is 0 Å². The zero-order chi connectivity index (χ0) is 23.2. The summed E-state index contributed by atoms with van der Waals surface area (Å²) in [6.07, 6.45) is 1.67. The summed E-state index contributed by atoms with van der Waals surface area (Å²) in [7, 11) is 0. The Labute approximate surface area is 196 Å². The zero-order valence-electron chi connectivity index (χ0n) is 18.4. The minimum atomic E-state index is -0.439. The van der Waals surface area contributed by atoms with E-state index in [1.807, 2.05) is 48.2 Å². The van der Waals surface area contributed by atoms with Gasteiger partial charge in [0, 0.05) is 30.6 Å². The van der Waals surface area contributed by atoms with Crippen molar-refractivity contribution < 1.29 is 19.1 Å². The van der Waals surface area contributed by atoms with Crippen LogP contribution in [0.4, 0.5) is 5.69 Å². The third kappa shape index (κ3) is 6.26. The Morgan fingerprint density at radius 3 is 2.58 bits per heavy atom. The Morgan fingerprint density at radius 1 is 1.12 bits per heavy atom. The topological polar surface area (TPSA) is 88.6 Å². The third-order valence-electron chi connectivity index (χ3n) is 5.33. The highest BCUT2D eigenvalue weighted by molar-refractivity contribution is 7.09. The molecule has 8 heteroatoms. The van der Waals surface area contributed by atoms with Gasteiger partial charge in [-0.25, -0.2) is 9.78 Å². The van der Waals surface area contributed by atoms with Crippen LogP contribution in [0.5, 0.6) is 0 Å². The fourth-order valence-electron chi connectivity index (χ4n) is 3.54. The van der Waals surface area contributed by atoms with E-state index in [0.717, 1.165) is 29.8 Å². The maximum atomic E-state index is 12.4. The van der Waals surface area contributed by atoms with Crippen molar-refractivity contribution in [3.8, 4) is 0 Å². The number of carbonyl (C=O) groups is 3. The molecule has 4 rings (SSSR count). The molecule has 0 saturated carbocycles. The van der Waals surface area contributed by atoms with Gasteiger partial charge in [0.25, 0.3) is 0 Å². The lowest BCUT2D eigenvalue weighted by Gasteiger charge is -2.15. The zero-order valence-corrected chi connectivity index (χ0v) is 19.2. The number of aryl methyl sites for hydroxylation is 1. The number of carbonyl (C=O) groups excluding carboxylic acids is 3. The van der Waals surface area contributed by atoms with Crippen LogP contribution in [0, 0.1) is 6.92 Å². The van der Waals surface area contributed by atoms with E-state index >= 15 is 0 Å². The van der Waals surface area contributed by atoms with Crippen LogP contribution >= 0.6 is 11.3 Å². The number of thiazole rings is 1. The summed E-state index contributed by atoms with van der Waals surface area (Å²) in [4.78, 5) is 42.6. The molecule has 0 bridgehead atoms. The van der Waals surface area contributed by atoms with Gasteiger partial charge in [-0.1, -0.05) is 29.8 Å².